The van der Waals surface area contributed by atoms with Crippen molar-refractivity contribution in [3.05, 3.63) is 36.5 Å². The molecule has 0 atom stereocenters. The third-order valence-corrected chi connectivity index (χ3v) is 2.45. The molecule has 0 aliphatic heterocycles. The van der Waals surface area contributed by atoms with E-state index < -0.39 is 0 Å². The van der Waals surface area contributed by atoms with Gasteiger partial charge in [-0.05, 0) is 31.9 Å². The third kappa shape index (κ3) is 3.50. The maximum atomic E-state index is 11.1. The first-order valence-corrected chi connectivity index (χ1v) is 5.44. The van der Waals surface area contributed by atoms with Crippen LogP contribution in [0.2, 0.25) is 0 Å². The van der Waals surface area contributed by atoms with Crippen LogP contribution in [0.1, 0.15) is 30.1 Å². The summed E-state index contributed by atoms with van der Waals surface area (Å²) in [5.41, 5.74) is 0.656. The molecule has 0 amide bonds. The predicted molar refractivity (Wildman–Crippen MR) is 66.9 cm³/mol. The largest absolute Gasteiger partial charge is 0.360 e. The smallest absolute Gasteiger partial charge is 0.161 e. The standard InChI is InChI=1S/C13H18N2O/c1-4-5-6-9-15(3)13-8-7-12(10-14-13)11(2)16/h4,7-8,10H,1,5-6,9H2,2-3H3. The number of allylic oxidation sites excluding steroid dienone is 1. The lowest BCUT2D eigenvalue weighted by molar-refractivity contribution is 0.101. The Hall–Kier alpha value is -1.64. The van der Waals surface area contributed by atoms with E-state index >= 15 is 0 Å². The zero-order valence-electron chi connectivity index (χ0n) is 9.94. The number of unbranched alkanes of at least 4 members (excludes halogenated alkanes) is 1. The monoisotopic (exact) mass is 218 g/mol. The van der Waals surface area contributed by atoms with E-state index in [1.165, 1.54) is 0 Å². The molecule has 0 aliphatic carbocycles. The highest BCUT2D eigenvalue weighted by Crippen LogP contribution is 2.10. The highest BCUT2D eigenvalue weighted by Gasteiger charge is 2.03. The van der Waals surface area contributed by atoms with Gasteiger partial charge in [0.05, 0.1) is 0 Å². The highest BCUT2D eigenvalue weighted by molar-refractivity contribution is 5.93. The lowest BCUT2D eigenvalue weighted by Crippen LogP contribution is -2.19. The fraction of sp³-hybridized carbons (Fsp3) is 0.385. The number of hydrogen-bond acceptors (Lipinski definition) is 3. The number of aromatic nitrogens is 1. The van der Waals surface area contributed by atoms with Crippen LogP contribution in [0.15, 0.2) is 31.0 Å². The van der Waals surface area contributed by atoms with Gasteiger partial charge in [0.15, 0.2) is 5.78 Å². The molecule has 0 saturated carbocycles. The third-order valence-electron chi connectivity index (χ3n) is 2.45. The van der Waals surface area contributed by atoms with Crippen LogP contribution in [-0.2, 0) is 0 Å². The second-order valence-corrected chi connectivity index (χ2v) is 3.81. The van der Waals surface area contributed by atoms with E-state index in [0.717, 1.165) is 25.2 Å². The fourth-order valence-electron chi connectivity index (χ4n) is 1.41. The Balaban J connectivity index is 2.59. The number of anilines is 1. The quantitative estimate of drug-likeness (QED) is 0.418. The number of carbonyl (C=O) groups is 1. The topological polar surface area (TPSA) is 33.2 Å². The average molecular weight is 218 g/mol. The minimum atomic E-state index is 0.0494. The molecule has 3 nitrogen and oxygen atoms in total. The van der Waals surface area contributed by atoms with Crippen molar-refractivity contribution in [1.82, 2.24) is 4.98 Å². The summed E-state index contributed by atoms with van der Waals surface area (Å²) in [6.45, 7) is 6.18. The van der Waals surface area contributed by atoms with Crippen LogP contribution in [0.3, 0.4) is 0 Å². The number of nitrogens with zero attached hydrogens (tertiary/aromatic N) is 2. The molecule has 0 saturated heterocycles. The van der Waals surface area contributed by atoms with Gasteiger partial charge < -0.3 is 4.90 Å². The number of ketones is 1. The van der Waals surface area contributed by atoms with Crippen molar-refractivity contribution in [2.45, 2.75) is 19.8 Å². The molecule has 0 unspecified atom stereocenters. The van der Waals surface area contributed by atoms with E-state index in [9.17, 15) is 4.79 Å². The molecule has 3 heteroatoms. The van der Waals surface area contributed by atoms with Crippen LogP contribution in [0.5, 0.6) is 0 Å². The van der Waals surface area contributed by atoms with Gasteiger partial charge >= 0.3 is 0 Å². The number of pyridine rings is 1. The normalized spacial score (nSPS) is 9.88. The maximum absolute atomic E-state index is 11.1. The van der Waals surface area contributed by atoms with Gasteiger partial charge in [0, 0.05) is 25.4 Å². The first kappa shape index (κ1) is 12.4. The van der Waals surface area contributed by atoms with Crippen LogP contribution in [-0.4, -0.2) is 24.4 Å². The van der Waals surface area contributed by atoms with Crippen LogP contribution < -0.4 is 4.90 Å². The summed E-state index contributed by atoms with van der Waals surface area (Å²) in [5.74, 6) is 0.947. The van der Waals surface area contributed by atoms with Crippen molar-refractivity contribution in [1.29, 1.82) is 0 Å². The number of Topliss-reactive ketones (excluding diaryl/α,β-unsaturated/α-hetero) is 1. The zero-order chi connectivity index (χ0) is 12.0. The molecule has 0 bridgehead atoms. The van der Waals surface area contributed by atoms with E-state index in [4.69, 9.17) is 0 Å². The highest BCUT2D eigenvalue weighted by atomic mass is 16.1. The Morgan fingerprint density at radius 3 is 2.81 bits per heavy atom. The van der Waals surface area contributed by atoms with E-state index in [1.54, 1.807) is 13.1 Å². The van der Waals surface area contributed by atoms with E-state index in [1.807, 2.05) is 25.3 Å². The maximum Gasteiger partial charge on any atom is 0.161 e. The summed E-state index contributed by atoms with van der Waals surface area (Å²) in [7, 11) is 2.00. The number of hydrogen-bond donors (Lipinski definition) is 0. The van der Waals surface area contributed by atoms with Gasteiger partial charge in [0.25, 0.3) is 0 Å². The molecular formula is C13H18N2O. The average Bonchev–Trinajstić information content (AvgIpc) is 2.29. The van der Waals surface area contributed by atoms with Crippen molar-refractivity contribution in [3.8, 4) is 0 Å². The molecule has 0 spiro atoms. The van der Waals surface area contributed by atoms with E-state index in [0.29, 0.717) is 5.56 Å². The molecule has 0 aliphatic rings. The first-order valence-electron chi connectivity index (χ1n) is 5.44. The van der Waals surface area contributed by atoms with Gasteiger partial charge in [0.2, 0.25) is 0 Å². The van der Waals surface area contributed by atoms with Gasteiger partial charge in [-0.15, -0.1) is 6.58 Å². The van der Waals surface area contributed by atoms with Gasteiger partial charge in [-0.1, -0.05) is 6.08 Å². The molecule has 0 aromatic carbocycles. The summed E-state index contributed by atoms with van der Waals surface area (Å²) in [6, 6.07) is 3.69. The lowest BCUT2D eigenvalue weighted by Gasteiger charge is -2.17. The SMILES string of the molecule is C=CCCCN(C)c1ccc(C(C)=O)cn1. The van der Waals surface area contributed by atoms with Gasteiger partial charge in [-0.3, -0.25) is 4.79 Å². The first-order chi connectivity index (χ1) is 7.65. The minimum Gasteiger partial charge on any atom is -0.360 e. The van der Waals surface area contributed by atoms with Crippen molar-refractivity contribution in [2.75, 3.05) is 18.5 Å². The van der Waals surface area contributed by atoms with Crippen LogP contribution in [0, 0.1) is 0 Å². The molecule has 1 aromatic rings. The number of carbonyl (C=O) groups excluding carboxylic acids is 1. The van der Waals surface area contributed by atoms with Gasteiger partial charge in [0.1, 0.15) is 5.82 Å². The summed E-state index contributed by atoms with van der Waals surface area (Å²) >= 11 is 0. The molecule has 0 fully saturated rings. The lowest BCUT2D eigenvalue weighted by atomic mass is 10.2. The van der Waals surface area contributed by atoms with Gasteiger partial charge in [-0.2, -0.15) is 0 Å². The Kier molecular flexibility index (Phi) is 4.70. The van der Waals surface area contributed by atoms with Crippen molar-refractivity contribution in [2.24, 2.45) is 0 Å². The predicted octanol–water partition coefficient (Wildman–Crippen LogP) is 2.69. The Morgan fingerprint density at radius 2 is 2.31 bits per heavy atom. The molecule has 0 radical (unpaired) electrons. The van der Waals surface area contributed by atoms with Crippen molar-refractivity contribution >= 4 is 11.6 Å². The molecule has 1 aromatic heterocycles. The molecule has 1 rings (SSSR count). The Labute approximate surface area is 96.8 Å². The van der Waals surface area contributed by atoms with E-state index in [2.05, 4.69) is 16.5 Å². The molecule has 16 heavy (non-hydrogen) atoms. The summed E-state index contributed by atoms with van der Waals surface area (Å²) < 4.78 is 0. The van der Waals surface area contributed by atoms with Crippen LogP contribution >= 0.6 is 0 Å². The fourth-order valence-corrected chi connectivity index (χ4v) is 1.41. The van der Waals surface area contributed by atoms with Crippen LogP contribution in [0.4, 0.5) is 5.82 Å². The second-order valence-electron chi connectivity index (χ2n) is 3.81. The van der Waals surface area contributed by atoms with Crippen LogP contribution in [0.25, 0.3) is 0 Å². The Morgan fingerprint density at radius 1 is 1.56 bits per heavy atom. The summed E-state index contributed by atoms with van der Waals surface area (Å²) in [6.07, 6.45) is 5.62. The molecule has 1 heterocycles. The molecule has 86 valence electrons. The molecule has 0 N–H and O–H groups in total. The van der Waals surface area contributed by atoms with E-state index in [-0.39, 0.29) is 5.78 Å². The minimum absolute atomic E-state index is 0.0494. The van der Waals surface area contributed by atoms with Crippen molar-refractivity contribution in [3.63, 3.8) is 0 Å². The summed E-state index contributed by atoms with van der Waals surface area (Å²) in [5, 5.41) is 0. The zero-order valence-corrected chi connectivity index (χ0v) is 9.94. The van der Waals surface area contributed by atoms with Gasteiger partial charge in [-0.25, -0.2) is 4.98 Å². The number of rotatable bonds is 6. The second kappa shape index (κ2) is 6.05. The van der Waals surface area contributed by atoms with Crippen molar-refractivity contribution < 1.29 is 4.79 Å². The molecular weight excluding hydrogens is 200 g/mol. The Bertz CT molecular complexity index is 357. The summed E-state index contributed by atoms with van der Waals surface area (Å²) in [4.78, 5) is 17.4.